The lowest BCUT2D eigenvalue weighted by Gasteiger charge is -2.36. The summed E-state index contributed by atoms with van der Waals surface area (Å²) in [5.74, 6) is 0.588. The van der Waals surface area contributed by atoms with Gasteiger partial charge in [0.05, 0.1) is 11.4 Å². The van der Waals surface area contributed by atoms with Crippen LogP contribution in [-0.4, -0.2) is 12.6 Å². The van der Waals surface area contributed by atoms with Crippen LogP contribution in [-0.2, 0) is 0 Å². The highest BCUT2D eigenvalue weighted by Crippen LogP contribution is 2.34. The van der Waals surface area contributed by atoms with E-state index in [0.717, 1.165) is 18.2 Å². The lowest BCUT2D eigenvalue weighted by Crippen LogP contribution is -2.40. The Morgan fingerprint density at radius 2 is 1.94 bits per heavy atom. The van der Waals surface area contributed by atoms with Crippen LogP contribution < -0.4 is 10.6 Å². The van der Waals surface area contributed by atoms with Gasteiger partial charge in [-0.3, -0.25) is 0 Å². The SMILES string of the molecule is Fc1cccc2c1NCC(C1CCCCC1)N2. The van der Waals surface area contributed by atoms with Crippen molar-refractivity contribution in [2.75, 3.05) is 17.2 Å². The highest BCUT2D eigenvalue weighted by atomic mass is 19.1. The quantitative estimate of drug-likeness (QED) is 0.775. The molecule has 0 amide bonds. The Labute approximate surface area is 102 Å². The Morgan fingerprint density at radius 3 is 2.76 bits per heavy atom. The monoisotopic (exact) mass is 234 g/mol. The van der Waals surface area contributed by atoms with Gasteiger partial charge in [0, 0.05) is 12.6 Å². The summed E-state index contributed by atoms with van der Waals surface area (Å²) in [6, 6.07) is 5.70. The second-order valence-corrected chi connectivity index (χ2v) is 5.19. The Balaban J connectivity index is 1.76. The standard InChI is InChI=1S/C14H19FN2/c15-11-7-4-8-12-14(11)16-9-13(17-12)10-5-2-1-3-6-10/h4,7-8,10,13,16-17H,1-3,5-6,9H2. The summed E-state index contributed by atoms with van der Waals surface area (Å²) in [5.41, 5.74) is 1.56. The lowest BCUT2D eigenvalue weighted by atomic mass is 9.83. The summed E-state index contributed by atoms with van der Waals surface area (Å²) < 4.78 is 13.5. The average molecular weight is 234 g/mol. The molecule has 3 heteroatoms. The molecule has 1 aromatic carbocycles. The van der Waals surface area contributed by atoms with Crippen molar-refractivity contribution in [1.29, 1.82) is 0 Å². The molecule has 1 heterocycles. The van der Waals surface area contributed by atoms with E-state index in [1.165, 1.54) is 38.2 Å². The van der Waals surface area contributed by atoms with E-state index >= 15 is 0 Å². The zero-order chi connectivity index (χ0) is 11.7. The average Bonchev–Trinajstić information content (AvgIpc) is 2.40. The van der Waals surface area contributed by atoms with Gasteiger partial charge in [-0.15, -0.1) is 0 Å². The Morgan fingerprint density at radius 1 is 1.12 bits per heavy atom. The summed E-state index contributed by atoms with van der Waals surface area (Å²) in [6.07, 6.45) is 6.69. The Bertz CT molecular complexity index is 399. The van der Waals surface area contributed by atoms with E-state index in [2.05, 4.69) is 10.6 Å². The highest BCUT2D eigenvalue weighted by molar-refractivity contribution is 5.71. The van der Waals surface area contributed by atoms with Crippen LogP contribution in [0.2, 0.25) is 0 Å². The molecule has 17 heavy (non-hydrogen) atoms. The number of hydrogen-bond acceptors (Lipinski definition) is 2. The Kier molecular flexibility index (Phi) is 2.91. The number of hydrogen-bond donors (Lipinski definition) is 2. The number of rotatable bonds is 1. The van der Waals surface area contributed by atoms with E-state index in [4.69, 9.17) is 0 Å². The number of fused-ring (bicyclic) bond motifs is 1. The predicted octanol–water partition coefficient (Wildman–Crippen LogP) is 3.61. The third-order valence-corrected chi connectivity index (χ3v) is 4.07. The zero-order valence-electron chi connectivity index (χ0n) is 10.0. The molecule has 1 unspecified atom stereocenters. The van der Waals surface area contributed by atoms with Crippen molar-refractivity contribution in [1.82, 2.24) is 0 Å². The van der Waals surface area contributed by atoms with Gasteiger partial charge in [0.25, 0.3) is 0 Å². The van der Waals surface area contributed by atoms with Gasteiger partial charge < -0.3 is 10.6 Å². The second-order valence-electron chi connectivity index (χ2n) is 5.19. The van der Waals surface area contributed by atoms with Crippen molar-refractivity contribution in [3.8, 4) is 0 Å². The van der Waals surface area contributed by atoms with Gasteiger partial charge in [0.1, 0.15) is 5.82 Å². The minimum atomic E-state index is -0.155. The largest absolute Gasteiger partial charge is 0.379 e. The first-order chi connectivity index (χ1) is 8.34. The molecule has 1 aliphatic heterocycles. The molecule has 0 bridgehead atoms. The molecule has 1 aromatic rings. The number of anilines is 2. The second kappa shape index (κ2) is 4.55. The van der Waals surface area contributed by atoms with Crippen LogP contribution in [0.4, 0.5) is 15.8 Å². The fourth-order valence-electron chi connectivity index (χ4n) is 3.11. The van der Waals surface area contributed by atoms with Gasteiger partial charge >= 0.3 is 0 Å². The van der Waals surface area contributed by atoms with Gasteiger partial charge in [-0.05, 0) is 30.9 Å². The minimum absolute atomic E-state index is 0.155. The molecule has 1 atom stereocenters. The highest BCUT2D eigenvalue weighted by Gasteiger charge is 2.27. The molecule has 0 aromatic heterocycles. The summed E-state index contributed by atoms with van der Waals surface area (Å²) in [7, 11) is 0. The fourth-order valence-corrected chi connectivity index (χ4v) is 3.11. The van der Waals surface area contributed by atoms with Gasteiger partial charge in [0.2, 0.25) is 0 Å². The van der Waals surface area contributed by atoms with Crippen molar-refractivity contribution in [3.63, 3.8) is 0 Å². The van der Waals surface area contributed by atoms with Crippen LogP contribution in [0.3, 0.4) is 0 Å². The molecular weight excluding hydrogens is 215 g/mol. The van der Waals surface area contributed by atoms with E-state index in [1.54, 1.807) is 6.07 Å². The zero-order valence-corrected chi connectivity index (χ0v) is 10.0. The fraction of sp³-hybridized carbons (Fsp3) is 0.571. The van der Waals surface area contributed by atoms with Crippen molar-refractivity contribution in [3.05, 3.63) is 24.0 Å². The summed E-state index contributed by atoms with van der Waals surface area (Å²) in [6.45, 7) is 0.846. The third-order valence-electron chi connectivity index (χ3n) is 4.07. The van der Waals surface area contributed by atoms with Crippen LogP contribution >= 0.6 is 0 Å². The topological polar surface area (TPSA) is 24.1 Å². The molecular formula is C14H19FN2. The number of halogens is 1. The van der Waals surface area contributed by atoms with Gasteiger partial charge in [-0.1, -0.05) is 25.3 Å². The molecule has 0 radical (unpaired) electrons. The molecule has 2 aliphatic rings. The van der Waals surface area contributed by atoms with Gasteiger partial charge in [-0.25, -0.2) is 4.39 Å². The van der Waals surface area contributed by atoms with E-state index < -0.39 is 0 Å². The molecule has 0 spiro atoms. The van der Waals surface area contributed by atoms with E-state index in [1.807, 2.05) is 6.07 Å². The van der Waals surface area contributed by atoms with Crippen LogP contribution in [0.15, 0.2) is 18.2 Å². The predicted molar refractivity (Wildman–Crippen MR) is 68.9 cm³/mol. The molecule has 1 fully saturated rings. The van der Waals surface area contributed by atoms with Gasteiger partial charge in [0.15, 0.2) is 0 Å². The molecule has 92 valence electrons. The normalized spacial score (nSPS) is 24.6. The van der Waals surface area contributed by atoms with Crippen LogP contribution in [0, 0.1) is 11.7 Å². The van der Waals surface area contributed by atoms with Crippen molar-refractivity contribution < 1.29 is 4.39 Å². The van der Waals surface area contributed by atoms with E-state index in [9.17, 15) is 4.39 Å². The van der Waals surface area contributed by atoms with Crippen LogP contribution in [0.1, 0.15) is 32.1 Å². The molecule has 1 aliphatic carbocycles. The number of para-hydroxylation sites is 1. The third kappa shape index (κ3) is 2.11. The smallest absolute Gasteiger partial charge is 0.148 e. The maximum absolute atomic E-state index is 13.5. The van der Waals surface area contributed by atoms with Crippen molar-refractivity contribution in [2.45, 2.75) is 38.1 Å². The first-order valence-corrected chi connectivity index (χ1v) is 6.63. The lowest BCUT2D eigenvalue weighted by molar-refractivity contribution is 0.322. The Hall–Kier alpha value is -1.25. The van der Waals surface area contributed by atoms with E-state index in [-0.39, 0.29) is 5.82 Å². The van der Waals surface area contributed by atoms with Gasteiger partial charge in [-0.2, -0.15) is 0 Å². The van der Waals surface area contributed by atoms with Crippen molar-refractivity contribution >= 4 is 11.4 Å². The maximum atomic E-state index is 13.5. The first-order valence-electron chi connectivity index (χ1n) is 6.63. The van der Waals surface area contributed by atoms with Crippen molar-refractivity contribution in [2.24, 2.45) is 5.92 Å². The summed E-state index contributed by atoms with van der Waals surface area (Å²) in [5, 5.41) is 6.75. The molecule has 0 saturated heterocycles. The minimum Gasteiger partial charge on any atom is -0.379 e. The molecule has 2 nitrogen and oxygen atoms in total. The molecule has 2 N–H and O–H groups in total. The van der Waals surface area contributed by atoms with Crippen LogP contribution in [0.5, 0.6) is 0 Å². The summed E-state index contributed by atoms with van der Waals surface area (Å²) in [4.78, 5) is 0. The molecule has 1 saturated carbocycles. The summed E-state index contributed by atoms with van der Waals surface area (Å²) >= 11 is 0. The number of benzene rings is 1. The molecule has 3 rings (SSSR count). The van der Waals surface area contributed by atoms with E-state index in [0.29, 0.717) is 11.7 Å². The number of nitrogens with one attached hydrogen (secondary N) is 2. The maximum Gasteiger partial charge on any atom is 0.148 e. The van der Waals surface area contributed by atoms with Crippen LogP contribution in [0.25, 0.3) is 0 Å². The first kappa shape index (κ1) is 10.9.